The van der Waals surface area contributed by atoms with Crippen LogP contribution in [-0.2, 0) is 4.74 Å². The lowest BCUT2D eigenvalue weighted by atomic mass is 10.1. The Morgan fingerprint density at radius 1 is 0.962 bits per heavy atom. The Hall–Kier alpha value is -2.86. The molecule has 0 saturated carbocycles. The topological polar surface area (TPSA) is 76.7 Å². The van der Waals surface area contributed by atoms with Gasteiger partial charge in [0, 0.05) is 31.4 Å². The number of nitrogens with one attached hydrogen (secondary N) is 2. The van der Waals surface area contributed by atoms with Gasteiger partial charge in [-0.1, -0.05) is 6.07 Å². The van der Waals surface area contributed by atoms with Gasteiger partial charge in [-0.05, 0) is 55.3 Å². The van der Waals surface area contributed by atoms with Crippen molar-refractivity contribution < 1.29 is 19.1 Å². The fourth-order valence-corrected chi connectivity index (χ4v) is 2.41. The first-order valence-electron chi connectivity index (χ1n) is 8.38. The van der Waals surface area contributed by atoms with E-state index in [1.54, 1.807) is 38.5 Å². The highest BCUT2D eigenvalue weighted by molar-refractivity contribution is 6.05. The predicted octanol–water partition coefficient (Wildman–Crippen LogP) is 3.02. The van der Waals surface area contributed by atoms with Gasteiger partial charge in [-0.25, -0.2) is 0 Å². The SMILES string of the molecule is COCCCNC(=O)c1ccc(C(=O)Nc2cc(C)ccc2OC)cc1. The molecule has 0 spiro atoms. The van der Waals surface area contributed by atoms with Crippen LogP contribution in [0.4, 0.5) is 5.69 Å². The molecule has 0 aliphatic heterocycles. The van der Waals surface area contributed by atoms with Crippen molar-refractivity contribution in [3.63, 3.8) is 0 Å². The van der Waals surface area contributed by atoms with E-state index in [0.29, 0.717) is 35.7 Å². The highest BCUT2D eigenvalue weighted by Crippen LogP contribution is 2.25. The van der Waals surface area contributed by atoms with Gasteiger partial charge in [-0.2, -0.15) is 0 Å². The highest BCUT2D eigenvalue weighted by atomic mass is 16.5. The average Bonchev–Trinajstić information content (AvgIpc) is 2.65. The fraction of sp³-hybridized carbons (Fsp3) is 0.300. The van der Waals surface area contributed by atoms with Crippen molar-refractivity contribution in [3.05, 3.63) is 59.2 Å². The third-order valence-corrected chi connectivity index (χ3v) is 3.82. The number of amides is 2. The molecule has 0 fully saturated rings. The summed E-state index contributed by atoms with van der Waals surface area (Å²) in [5.41, 5.74) is 2.59. The van der Waals surface area contributed by atoms with Crippen LogP contribution in [0, 0.1) is 6.92 Å². The van der Waals surface area contributed by atoms with Crippen LogP contribution in [-0.4, -0.2) is 39.2 Å². The quantitative estimate of drug-likeness (QED) is 0.713. The second kappa shape index (κ2) is 9.58. The minimum absolute atomic E-state index is 0.173. The van der Waals surface area contributed by atoms with E-state index in [0.717, 1.165) is 12.0 Å². The smallest absolute Gasteiger partial charge is 0.255 e. The van der Waals surface area contributed by atoms with Gasteiger partial charge in [0.25, 0.3) is 11.8 Å². The first-order chi connectivity index (χ1) is 12.5. The molecule has 6 heteroatoms. The monoisotopic (exact) mass is 356 g/mol. The van der Waals surface area contributed by atoms with E-state index >= 15 is 0 Å². The van der Waals surface area contributed by atoms with Crippen molar-refractivity contribution in [1.82, 2.24) is 5.32 Å². The van der Waals surface area contributed by atoms with Crippen molar-refractivity contribution in [2.24, 2.45) is 0 Å². The van der Waals surface area contributed by atoms with Crippen molar-refractivity contribution in [2.45, 2.75) is 13.3 Å². The van der Waals surface area contributed by atoms with Crippen LogP contribution in [0.3, 0.4) is 0 Å². The Morgan fingerprint density at radius 2 is 1.62 bits per heavy atom. The summed E-state index contributed by atoms with van der Waals surface area (Å²) in [6.45, 7) is 3.08. The average molecular weight is 356 g/mol. The molecule has 6 nitrogen and oxygen atoms in total. The second-order valence-electron chi connectivity index (χ2n) is 5.84. The van der Waals surface area contributed by atoms with Gasteiger partial charge in [-0.15, -0.1) is 0 Å². The van der Waals surface area contributed by atoms with Crippen molar-refractivity contribution in [2.75, 3.05) is 32.7 Å². The molecule has 0 atom stereocenters. The molecule has 2 N–H and O–H groups in total. The number of carbonyl (C=O) groups excluding carboxylic acids is 2. The molecule has 0 aliphatic rings. The summed E-state index contributed by atoms with van der Waals surface area (Å²) in [6.07, 6.45) is 0.751. The summed E-state index contributed by atoms with van der Waals surface area (Å²) in [5.74, 6) is 0.158. The lowest BCUT2D eigenvalue weighted by Gasteiger charge is -2.11. The number of hydrogen-bond donors (Lipinski definition) is 2. The molecular formula is C20H24N2O4. The Kier molecular flexibility index (Phi) is 7.17. The van der Waals surface area contributed by atoms with Gasteiger partial charge in [0.15, 0.2) is 0 Å². The van der Waals surface area contributed by atoms with Crippen LogP contribution in [0.25, 0.3) is 0 Å². The molecule has 0 aliphatic carbocycles. The van der Waals surface area contributed by atoms with E-state index < -0.39 is 0 Å². The predicted molar refractivity (Wildman–Crippen MR) is 101 cm³/mol. The van der Waals surface area contributed by atoms with Crippen LogP contribution < -0.4 is 15.4 Å². The fourth-order valence-electron chi connectivity index (χ4n) is 2.41. The molecule has 0 radical (unpaired) electrons. The van der Waals surface area contributed by atoms with E-state index in [-0.39, 0.29) is 11.8 Å². The molecule has 0 heterocycles. The van der Waals surface area contributed by atoms with Gasteiger partial charge in [0.2, 0.25) is 0 Å². The number of methoxy groups -OCH3 is 2. The molecule has 2 amide bonds. The zero-order chi connectivity index (χ0) is 18.9. The van der Waals surface area contributed by atoms with E-state index in [1.165, 1.54) is 0 Å². The summed E-state index contributed by atoms with van der Waals surface area (Å²) in [7, 11) is 3.18. The molecule has 0 unspecified atom stereocenters. The number of ether oxygens (including phenoxy) is 2. The summed E-state index contributed by atoms with van der Waals surface area (Å²) in [4.78, 5) is 24.5. The zero-order valence-electron chi connectivity index (χ0n) is 15.3. The van der Waals surface area contributed by atoms with E-state index in [1.807, 2.05) is 25.1 Å². The van der Waals surface area contributed by atoms with Crippen LogP contribution in [0.2, 0.25) is 0 Å². The molecule has 2 aromatic carbocycles. The van der Waals surface area contributed by atoms with Crippen molar-refractivity contribution in [3.8, 4) is 5.75 Å². The molecule has 2 rings (SSSR count). The maximum Gasteiger partial charge on any atom is 0.255 e. The van der Waals surface area contributed by atoms with Gasteiger partial charge in [-0.3, -0.25) is 9.59 Å². The minimum atomic E-state index is -0.263. The van der Waals surface area contributed by atoms with Crippen molar-refractivity contribution >= 4 is 17.5 Å². The van der Waals surface area contributed by atoms with E-state index in [2.05, 4.69) is 10.6 Å². The maximum atomic E-state index is 12.4. The largest absolute Gasteiger partial charge is 0.495 e. The second-order valence-corrected chi connectivity index (χ2v) is 5.84. The minimum Gasteiger partial charge on any atom is -0.495 e. The Labute approximate surface area is 153 Å². The molecule has 138 valence electrons. The standard InChI is InChI=1S/C20H24N2O4/c1-14-5-10-18(26-3)17(13-14)22-20(24)16-8-6-15(7-9-16)19(23)21-11-4-12-25-2/h5-10,13H,4,11-12H2,1-3H3,(H,21,23)(H,22,24). The summed E-state index contributed by atoms with van der Waals surface area (Å²) in [6, 6.07) is 12.1. The third-order valence-electron chi connectivity index (χ3n) is 3.82. The number of benzene rings is 2. The van der Waals surface area contributed by atoms with Crippen LogP contribution in [0.5, 0.6) is 5.75 Å². The van der Waals surface area contributed by atoms with E-state index in [9.17, 15) is 9.59 Å². The number of rotatable bonds is 8. The number of carbonyl (C=O) groups is 2. The number of hydrogen-bond acceptors (Lipinski definition) is 4. The molecule has 0 saturated heterocycles. The van der Waals surface area contributed by atoms with Crippen LogP contribution in [0.15, 0.2) is 42.5 Å². The van der Waals surface area contributed by atoms with Gasteiger partial charge in [0.05, 0.1) is 12.8 Å². The molecule has 0 bridgehead atoms. The molecule has 26 heavy (non-hydrogen) atoms. The lowest BCUT2D eigenvalue weighted by molar-refractivity contribution is 0.0947. The first kappa shape index (κ1) is 19.5. The zero-order valence-corrected chi connectivity index (χ0v) is 15.3. The highest BCUT2D eigenvalue weighted by Gasteiger charge is 2.11. The third kappa shape index (κ3) is 5.32. The Bertz CT molecular complexity index is 757. The number of anilines is 1. The van der Waals surface area contributed by atoms with Gasteiger partial charge in [0.1, 0.15) is 5.75 Å². The Morgan fingerprint density at radius 3 is 2.23 bits per heavy atom. The summed E-state index contributed by atoms with van der Waals surface area (Å²) < 4.78 is 10.2. The first-order valence-corrected chi connectivity index (χ1v) is 8.38. The molecule has 2 aromatic rings. The number of aryl methyl sites for hydroxylation is 1. The van der Waals surface area contributed by atoms with Crippen LogP contribution in [0.1, 0.15) is 32.7 Å². The molecular weight excluding hydrogens is 332 g/mol. The normalized spacial score (nSPS) is 10.3. The lowest BCUT2D eigenvalue weighted by Crippen LogP contribution is -2.25. The van der Waals surface area contributed by atoms with Gasteiger partial charge >= 0.3 is 0 Å². The summed E-state index contributed by atoms with van der Waals surface area (Å²) in [5, 5.41) is 5.64. The van der Waals surface area contributed by atoms with Gasteiger partial charge < -0.3 is 20.1 Å². The maximum absolute atomic E-state index is 12.4. The van der Waals surface area contributed by atoms with Crippen molar-refractivity contribution in [1.29, 1.82) is 0 Å². The Balaban J connectivity index is 2.00. The van der Waals surface area contributed by atoms with E-state index in [4.69, 9.17) is 9.47 Å². The molecule has 0 aromatic heterocycles. The summed E-state index contributed by atoms with van der Waals surface area (Å²) >= 11 is 0. The van der Waals surface area contributed by atoms with Crippen LogP contribution >= 0.6 is 0 Å².